The van der Waals surface area contributed by atoms with Gasteiger partial charge in [-0.1, -0.05) is 39.0 Å². The Balaban J connectivity index is 2.13. The average Bonchev–Trinajstić information content (AvgIpc) is 2.46. The third kappa shape index (κ3) is 4.05. The number of halogens is 1. The first-order valence-corrected chi connectivity index (χ1v) is 7.11. The van der Waals surface area contributed by atoms with Gasteiger partial charge in [0.25, 0.3) is 0 Å². The second kappa shape index (κ2) is 6.27. The second-order valence-corrected chi connectivity index (χ2v) is 6.20. The Hall–Kier alpha value is -1.87. The Morgan fingerprint density at radius 2 is 1.86 bits per heavy atom. The standard InChI is InChI=1S/C18H22FNO/c1-18(2,3)15-5-4-6-16(10-15)21-12-14-9-13(11-20)7-8-17(14)19/h4-10H,11-12,20H2,1-3H3. The van der Waals surface area contributed by atoms with Crippen LogP contribution in [-0.4, -0.2) is 0 Å². The lowest BCUT2D eigenvalue weighted by molar-refractivity contribution is 0.299. The summed E-state index contributed by atoms with van der Waals surface area (Å²) in [5, 5.41) is 0. The molecule has 0 heterocycles. The van der Waals surface area contributed by atoms with Gasteiger partial charge in [0.05, 0.1) is 0 Å². The van der Waals surface area contributed by atoms with Crippen LogP contribution in [0.5, 0.6) is 5.75 Å². The maximum Gasteiger partial charge on any atom is 0.129 e. The fraction of sp³-hybridized carbons (Fsp3) is 0.333. The summed E-state index contributed by atoms with van der Waals surface area (Å²) in [5.74, 6) is 0.485. The van der Waals surface area contributed by atoms with Crippen LogP contribution in [0, 0.1) is 5.82 Å². The predicted molar refractivity (Wildman–Crippen MR) is 83.8 cm³/mol. The van der Waals surface area contributed by atoms with Crippen LogP contribution in [0.4, 0.5) is 4.39 Å². The molecule has 3 heteroatoms. The highest BCUT2D eigenvalue weighted by Crippen LogP contribution is 2.26. The van der Waals surface area contributed by atoms with Gasteiger partial charge < -0.3 is 10.5 Å². The summed E-state index contributed by atoms with van der Waals surface area (Å²) >= 11 is 0. The largest absolute Gasteiger partial charge is 0.489 e. The van der Waals surface area contributed by atoms with E-state index in [0.717, 1.165) is 11.3 Å². The van der Waals surface area contributed by atoms with Crippen LogP contribution >= 0.6 is 0 Å². The SMILES string of the molecule is CC(C)(C)c1cccc(OCc2cc(CN)ccc2F)c1. The normalized spacial score (nSPS) is 11.5. The molecule has 0 aliphatic heterocycles. The molecule has 0 spiro atoms. The summed E-state index contributed by atoms with van der Waals surface area (Å²) in [6.45, 7) is 7.05. The summed E-state index contributed by atoms with van der Waals surface area (Å²) in [5.41, 5.74) is 8.26. The number of nitrogens with two attached hydrogens (primary N) is 1. The Bertz CT molecular complexity index is 617. The molecule has 0 fully saturated rings. The van der Waals surface area contributed by atoms with Crippen molar-refractivity contribution in [3.05, 3.63) is 65.0 Å². The first kappa shape index (κ1) is 15.5. The third-order valence-electron chi connectivity index (χ3n) is 3.44. The van der Waals surface area contributed by atoms with Crippen molar-refractivity contribution in [2.75, 3.05) is 0 Å². The van der Waals surface area contributed by atoms with Gasteiger partial charge in [0.15, 0.2) is 0 Å². The van der Waals surface area contributed by atoms with Crippen molar-refractivity contribution in [1.82, 2.24) is 0 Å². The van der Waals surface area contributed by atoms with Crippen LogP contribution in [0.1, 0.15) is 37.5 Å². The summed E-state index contributed by atoms with van der Waals surface area (Å²) < 4.78 is 19.5. The van der Waals surface area contributed by atoms with Crippen molar-refractivity contribution < 1.29 is 9.13 Å². The van der Waals surface area contributed by atoms with Crippen molar-refractivity contribution in [3.8, 4) is 5.75 Å². The minimum atomic E-state index is -0.265. The lowest BCUT2D eigenvalue weighted by Gasteiger charge is -2.19. The highest BCUT2D eigenvalue weighted by atomic mass is 19.1. The first-order valence-electron chi connectivity index (χ1n) is 7.11. The van der Waals surface area contributed by atoms with Crippen molar-refractivity contribution in [2.45, 2.75) is 39.3 Å². The van der Waals surface area contributed by atoms with E-state index in [9.17, 15) is 4.39 Å². The van der Waals surface area contributed by atoms with Gasteiger partial charge in [0, 0.05) is 12.1 Å². The molecule has 0 aliphatic rings. The number of hydrogen-bond acceptors (Lipinski definition) is 2. The molecule has 0 saturated heterocycles. The van der Waals surface area contributed by atoms with Gasteiger partial charge in [-0.3, -0.25) is 0 Å². The molecule has 0 bridgehead atoms. The fourth-order valence-corrected chi connectivity index (χ4v) is 2.08. The average molecular weight is 287 g/mol. The molecule has 21 heavy (non-hydrogen) atoms. The minimum absolute atomic E-state index is 0.0596. The second-order valence-electron chi connectivity index (χ2n) is 6.20. The molecule has 0 aromatic heterocycles. The van der Waals surface area contributed by atoms with Gasteiger partial charge in [-0.2, -0.15) is 0 Å². The molecule has 0 unspecified atom stereocenters. The van der Waals surface area contributed by atoms with Gasteiger partial charge in [0.2, 0.25) is 0 Å². The van der Waals surface area contributed by atoms with E-state index in [1.54, 1.807) is 12.1 Å². The zero-order chi connectivity index (χ0) is 15.5. The van der Waals surface area contributed by atoms with E-state index in [1.165, 1.54) is 11.6 Å². The van der Waals surface area contributed by atoms with Crippen LogP contribution in [0.25, 0.3) is 0 Å². The minimum Gasteiger partial charge on any atom is -0.489 e. The molecular formula is C18H22FNO. The number of ether oxygens (including phenoxy) is 1. The number of hydrogen-bond donors (Lipinski definition) is 1. The van der Waals surface area contributed by atoms with Gasteiger partial charge >= 0.3 is 0 Å². The van der Waals surface area contributed by atoms with Crippen molar-refractivity contribution >= 4 is 0 Å². The maximum absolute atomic E-state index is 13.8. The fourth-order valence-electron chi connectivity index (χ4n) is 2.08. The van der Waals surface area contributed by atoms with E-state index in [2.05, 4.69) is 26.8 Å². The van der Waals surface area contributed by atoms with E-state index in [0.29, 0.717) is 12.1 Å². The van der Waals surface area contributed by atoms with Crippen LogP contribution in [0.2, 0.25) is 0 Å². The van der Waals surface area contributed by atoms with Gasteiger partial charge in [-0.15, -0.1) is 0 Å². The Morgan fingerprint density at radius 1 is 1.10 bits per heavy atom. The van der Waals surface area contributed by atoms with E-state index in [4.69, 9.17) is 10.5 Å². The quantitative estimate of drug-likeness (QED) is 0.916. The molecule has 0 aliphatic carbocycles. The van der Waals surface area contributed by atoms with Crippen LogP contribution in [0.15, 0.2) is 42.5 Å². The molecule has 2 rings (SSSR count). The molecule has 112 valence electrons. The topological polar surface area (TPSA) is 35.2 Å². The highest BCUT2D eigenvalue weighted by Gasteiger charge is 2.14. The lowest BCUT2D eigenvalue weighted by atomic mass is 9.87. The molecule has 0 saturated carbocycles. The first-order chi connectivity index (χ1) is 9.90. The zero-order valence-corrected chi connectivity index (χ0v) is 12.8. The Labute approximate surface area is 125 Å². The van der Waals surface area contributed by atoms with Crippen molar-refractivity contribution in [1.29, 1.82) is 0 Å². The van der Waals surface area contributed by atoms with Crippen molar-refractivity contribution in [2.24, 2.45) is 5.73 Å². The van der Waals surface area contributed by atoms with Crippen LogP contribution < -0.4 is 10.5 Å². The van der Waals surface area contributed by atoms with Gasteiger partial charge in [0.1, 0.15) is 18.2 Å². The smallest absolute Gasteiger partial charge is 0.129 e. The van der Waals surface area contributed by atoms with E-state index in [-0.39, 0.29) is 17.8 Å². The highest BCUT2D eigenvalue weighted by molar-refractivity contribution is 5.33. The van der Waals surface area contributed by atoms with Crippen LogP contribution in [-0.2, 0) is 18.6 Å². The lowest BCUT2D eigenvalue weighted by Crippen LogP contribution is -2.11. The Morgan fingerprint density at radius 3 is 2.52 bits per heavy atom. The summed E-state index contributed by atoms with van der Waals surface area (Å²) in [6.07, 6.45) is 0. The monoisotopic (exact) mass is 287 g/mol. The number of benzene rings is 2. The molecule has 2 aromatic carbocycles. The molecular weight excluding hydrogens is 265 g/mol. The third-order valence-corrected chi connectivity index (χ3v) is 3.44. The summed E-state index contributed by atoms with van der Waals surface area (Å²) in [6, 6.07) is 12.8. The molecule has 2 nitrogen and oxygen atoms in total. The molecule has 2 N–H and O–H groups in total. The van der Waals surface area contributed by atoms with E-state index >= 15 is 0 Å². The van der Waals surface area contributed by atoms with E-state index < -0.39 is 0 Å². The van der Waals surface area contributed by atoms with Gasteiger partial charge in [-0.05, 0) is 40.8 Å². The summed E-state index contributed by atoms with van der Waals surface area (Å²) in [4.78, 5) is 0. The maximum atomic E-state index is 13.8. The Kier molecular flexibility index (Phi) is 4.63. The molecule has 0 amide bonds. The summed E-state index contributed by atoms with van der Waals surface area (Å²) in [7, 11) is 0. The molecule has 0 atom stereocenters. The zero-order valence-electron chi connectivity index (χ0n) is 12.8. The molecule has 2 aromatic rings. The predicted octanol–water partition coefficient (Wildman–Crippen LogP) is 4.16. The molecule has 0 radical (unpaired) electrons. The van der Waals surface area contributed by atoms with Crippen molar-refractivity contribution in [3.63, 3.8) is 0 Å². The van der Waals surface area contributed by atoms with Gasteiger partial charge in [-0.25, -0.2) is 4.39 Å². The van der Waals surface area contributed by atoms with E-state index in [1.807, 2.05) is 18.2 Å². The van der Waals surface area contributed by atoms with Crippen LogP contribution in [0.3, 0.4) is 0 Å². The number of rotatable bonds is 4.